The molecule has 31 heavy (non-hydrogen) atoms. The number of fused-ring (bicyclic) bond motifs is 1. The molecule has 1 fully saturated rings. The van der Waals surface area contributed by atoms with E-state index in [2.05, 4.69) is 5.32 Å². The monoisotopic (exact) mass is 419 g/mol. The summed E-state index contributed by atoms with van der Waals surface area (Å²) in [5.74, 6) is -1.07. The van der Waals surface area contributed by atoms with Gasteiger partial charge in [-0.25, -0.2) is 14.1 Å². The molecule has 0 atom stereocenters. The molecular formula is C22H14FN3O5. The first-order chi connectivity index (χ1) is 15.0. The number of ether oxygens (including phenoxy) is 2. The molecule has 2 aromatic carbocycles. The van der Waals surface area contributed by atoms with Crippen molar-refractivity contribution in [3.63, 3.8) is 0 Å². The van der Waals surface area contributed by atoms with Gasteiger partial charge in [0.25, 0.3) is 11.8 Å². The molecule has 9 heteroatoms. The van der Waals surface area contributed by atoms with Crippen molar-refractivity contribution in [3.05, 3.63) is 77.9 Å². The van der Waals surface area contributed by atoms with Crippen LogP contribution in [0.4, 0.5) is 14.9 Å². The molecule has 0 unspecified atom stereocenters. The van der Waals surface area contributed by atoms with E-state index in [-0.39, 0.29) is 23.9 Å². The van der Waals surface area contributed by atoms with Crippen LogP contribution in [0.1, 0.15) is 5.69 Å². The van der Waals surface area contributed by atoms with Gasteiger partial charge in [-0.15, -0.1) is 0 Å². The summed E-state index contributed by atoms with van der Waals surface area (Å²) in [5.41, 5.74) is 1.16. The van der Waals surface area contributed by atoms with Crippen molar-refractivity contribution in [2.75, 3.05) is 11.7 Å². The third-order valence-corrected chi connectivity index (χ3v) is 4.89. The fraction of sp³-hybridized carbons (Fsp3) is 0.0455. The number of barbiturate groups is 1. The van der Waals surface area contributed by atoms with Gasteiger partial charge in [0, 0.05) is 23.6 Å². The SMILES string of the molecule is O=C1NC(=O)N(c2ccc3c(c2)OCO3)C(=O)/C1=C/c1cccn1-c1ccc(F)cc1. The largest absolute Gasteiger partial charge is 0.454 e. The lowest BCUT2D eigenvalue weighted by atomic mass is 10.1. The van der Waals surface area contributed by atoms with E-state index in [1.165, 1.54) is 30.3 Å². The van der Waals surface area contributed by atoms with Crippen molar-refractivity contribution >= 4 is 29.6 Å². The predicted octanol–water partition coefficient (Wildman–Crippen LogP) is 3.01. The summed E-state index contributed by atoms with van der Waals surface area (Å²) in [7, 11) is 0. The Labute approximate surface area is 175 Å². The molecule has 0 bridgehead atoms. The van der Waals surface area contributed by atoms with Gasteiger partial charge in [-0.2, -0.15) is 0 Å². The first kappa shape index (κ1) is 18.6. The minimum Gasteiger partial charge on any atom is -0.454 e. The minimum atomic E-state index is -0.861. The number of hydrogen-bond acceptors (Lipinski definition) is 5. The second-order valence-electron chi connectivity index (χ2n) is 6.77. The zero-order valence-corrected chi connectivity index (χ0v) is 15.9. The molecular weight excluding hydrogens is 405 g/mol. The number of halogens is 1. The summed E-state index contributed by atoms with van der Waals surface area (Å²) in [5, 5.41) is 2.18. The van der Waals surface area contributed by atoms with E-state index in [9.17, 15) is 18.8 Å². The Bertz CT molecular complexity index is 1260. The molecule has 5 rings (SSSR count). The van der Waals surface area contributed by atoms with Gasteiger partial charge in [0.2, 0.25) is 6.79 Å². The van der Waals surface area contributed by atoms with E-state index < -0.39 is 17.8 Å². The smallest absolute Gasteiger partial charge is 0.335 e. The highest BCUT2D eigenvalue weighted by Gasteiger charge is 2.37. The molecule has 4 amide bonds. The third kappa shape index (κ3) is 3.21. The van der Waals surface area contributed by atoms with E-state index in [1.807, 2.05) is 0 Å². The van der Waals surface area contributed by atoms with Crippen LogP contribution < -0.4 is 19.7 Å². The van der Waals surface area contributed by atoms with Crippen LogP contribution in [0.15, 0.2) is 66.4 Å². The van der Waals surface area contributed by atoms with Gasteiger partial charge in [-0.05, 0) is 54.6 Å². The van der Waals surface area contributed by atoms with Gasteiger partial charge in [0.05, 0.1) is 5.69 Å². The summed E-state index contributed by atoms with van der Waals surface area (Å²) in [6.45, 7) is 0.0446. The molecule has 0 aliphatic carbocycles. The van der Waals surface area contributed by atoms with Crippen molar-refractivity contribution in [1.29, 1.82) is 0 Å². The Morgan fingerprint density at radius 1 is 0.935 bits per heavy atom. The quantitative estimate of drug-likeness (QED) is 0.521. The topological polar surface area (TPSA) is 89.9 Å². The maximum atomic E-state index is 13.3. The van der Waals surface area contributed by atoms with E-state index in [4.69, 9.17) is 9.47 Å². The maximum absolute atomic E-state index is 13.3. The first-order valence-corrected chi connectivity index (χ1v) is 9.26. The van der Waals surface area contributed by atoms with Gasteiger partial charge >= 0.3 is 6.03 Å². The number of carbonyl (C=O) groups excluding carboxylic acids is 3. The summed E-state index contributed by atoms with van der Waals surface area (Å²) < 4.78 is 25.5. The second-order valence-corrected chi connectivity index (χ2v) is 6.77. The zero-order chi connectivity index (χ0) is 21.5. The van der Waals surface area contributed by atoms with Crippen molar-refractivity contribution < 1.29 is 28.2 Å². The van der Waals surface area contributed by atoms with Crippen molar-refractivity contribution in [1.82, 2.24) is 9.88 Å². The lowest BCUT2D eigenvalue weighted by Gasteiger charge is -2.26. The zero-order valence-electron chi connectivity index (χ0n) is 15.9. The summed E-state index contributed by atoms with van der Waals surface area (Å²) in [6, 6.07) is 12.9. The van der Waals surface area contributed by atoms with E-state index in [0.29, 0.717) is 22.9 Å². The van der Waals surface area contributed by atoms with Crippen LogP contribution in [0.2, 0.25) is 0 Å². The van der Waals surface area contributed by atoms with Gasteiger partial charge in [0.1, 0.15) is 11.4 Å². The normalized spacial score (nSPS) is 16.7. The molecule has 1 aromatic heterocycles. The number of rotatable bonds is 3. The van der Waals surface area contributed by atoms with Gasteiger partial charge in [-0.1, -0.05) is 0 Å². The number of hydrogen-bond donors (Lipinski definition) is 1. The van der Waals surface area contributed by atoms with Crippen LogP contribution in [0.5, 0.6) is 11.5 Å². The Morgan fingerprint density at radius 3 is 2.48 bits per heavy atom. The summed E-state index contributed by atoms with van der Waals surface area (Å²) >= 11 is 0. The van der Waals surface area contributed by atoms with E-state index >= 15 is 0 Å². The number of amides is 4. The highest BCUT2D eigenvalue weighted by atomic mass is 19.1. The summed E-state index contributed by atoms with van der Waals surface area (Å²) in [4.78, 5) is 38.8. The minimum absolute atomic E-state index is 0.0446. The lowest BCUT2D eigenvalue weighted by Crippen LogP contribution is -2.54. The lowest BCUT2D eigenvalue weighted by molar-refractivity contribution is -0.122. The van der Waals surface area contributed by atoms with Crippen molar-refractivity contribution in [2.45, 2.75) is 0 Å². The molecule has 154 valence electrons. The number of nitrogens with zero attached hydrogens (tertiary/aromatic N) is 2. The van der Waals surface area contributed by atoms with Crippen LogP contribution in [0.3, 0.4) is 0 Å². The molecule has 0 spiro atoms. The number of urea groups is 1. The maximum Gasteiger partial charge on any atom is 0.335 e. The average molecular weight is 419 g/mol. The Balaban J connectivity index is 1.53. The van der Waals surface area contributed by atoms with E-state index in [1.54, 1.807) is 41.1 Å². The van der Waals surface area contributed by atoms with Crippen LogP contribution in [0, 0.1) is 5.82 Å². The Morgan fingerprint density at radius 2 is 1.68 bits per heavy atom. The molecule has 1 saturated heterocycles. The molecule has 8 nitrogen and oxygen atoms in total. The standard InChI is InChI=1S/C22H14FN3O5/c23-13-3-5-14(6-4-13)25-9-1-2-15(25)10-17-20(27)24-22(29)26(21(17)28)16-7-8-18-19(11-16)31-12-30-18/h1-11H,12H2,(H,24,27,29)/b17-10+. The fourth-order valence-electron chi connectivity index (χ4n) is 3.41. The van der Waals surface area contributed by atoms with Crippen LogP contribution in [-0.2, 0) is 9.59 Å². The summed E-state index contributed by atoms with van der Waals surface area (Å²) in [6.07, 6.45) is 3.10. The third-order valence-electron chi connectivity index (χ3n) is 4.89. The van der Waals surface area contributed by atoms with E-state index in [0.717, 1.165) is 4.90 Å². The van der Waals surface area contributed by atoms with Crippen molar-refractivity contribution in [2.24, 2.45) is 0 Å². The second kappa shape index (κ2) is 7.13. The van der Waals surface area contributed by atoms with Crippen molar-refractivity contribution in [3.8, 4) is 17.2 Å². The van der Waals surface area contributed by atoms with Crippen LogP contribution in [-0.4, -0.2) is 29.2 Å². The number of aromatic nitrogens is 1. The number of nitrogens with one attached hydrogen (secondary N) is 1. The highest BCUT2D eigenvalue weighted by molar-refractivity contribution is 6.39. The van der Waals surface area contributed by atoms with Crippen LogP contribution in [0.25, 0.3) is 11.8 Å². The Kier molecular flexibility index (Phi) is 4.28. The molecule has 1 N–H and O–H groups in total. The number of anilines is 1. The molecule has 3 aromatic rings. The van der Waals surface area contributed by atoms with Gasteiger partial charge in [-0.3, -0.25) is 14.9 Å². The Hall–Kier alpha value is -4.40. The van der Waals surface area contributed by atoms with Gasteiger partial charge < -0.3 is 14.0 Å². The number of imide groups is 2. The molecule has 0 radical (unpaired) electrons. The average Bonchev–Trinajstić information content (AvgIpc) is 3.40. The van der Waals surface area contributed by atoms with Gasteiger partial charge in [0.15, 0.2) is 11.5 Å². The molecule has 2 aliphatic rings. The predicted molar refractivity (Wildman–Crippen MR) is 107 cm³/mol. The first-order valence-electron chi connectivity index (χ1n) is 9.26. The fourth-order valence-corrected chi connectivity index (χ4v) is 3.41. The number of benzene rings is 2. The highest BCUT2D eigenvalue weighted by Crippen LogP contribution is 2.36. The molecule has 0 saturated carbocycles. The number of carbonyl (C=O) groups is 3. The molecule has 3 heterocycles. The molecule has 2 aliphatic heterocycles. The van der Waals surface area contributed by atoms with Crippen LogP contribution >= 0.6 is 0 Å².